The van der Waals surface area contributed by atoms with Gasteiger partial charge in [-0.05, 0) is 42.6 Å². The molecule has 0 aliphatic heterocycles. The van der Waals surface area contributed by atoms with Crippen LogP contribution in [0.25, 0.3) is 22.6 Å². The van der Waals surface area contributed by atoms with E-state index in [0.717, 1.165) is 12.1 Å². The highest BCUT2D eigenvalue weighted by Gasteiger charge is 2.22. The summed E-state index contributed by atoms with van der Waals surface area (Å²) in [5.74, 6) is -1.06. The van der Waals surface area contributed by atoms with E-state index in [4.69, 9.17) is 11.5 Å². The molecule has 0 atom stereocenters. The number of rotatable bonds is 4. The lowest BCUT2D eigenvalue weighted by Gasteiger charge is -2.08. The summed E-state index contributed by atoms with van der Waals surface area (Å²) in [5, 5.41) is 7.44. The van der Waals surface area contributed by atoms with Crippen LogP contribution in [0.5, 0.6) is 0 Å². The lowest BCUT2D eigenvalue weighted by atomic mass is 10.2. The maximum absolute atomic E-state index is 14.3. The highest BCUT2D eigenvalue weighted by molar-refractivity contribution is 5.81. The average molecular weight is 332 g/mol. The van der Waals surface area contributed by atoms with Crippen molar-refractivity contribution < 1.29 is 13.4 Å². The molecule has 9 heteroatoms. The topological polar surface area (TPSA) is 109 Å². The Balaban J connectivity index is 2.27. The summed E-state index contributed by atoms with van der Waals surface area (Å²) < 4.78 is 34.5. The number of imidazole rings is 1. The van der Waals surface area contributed by atoms with Gasteiger partial charge in [0.25, 0.3) is 0 Å². The van der Waals surface area contributed by atoms with Crippen molar-refractivity contribution in [2.75, 3.05) is 0 Å². The summed E-state index contributed by atoms with van der Waals surface area (Å²) in [6.07, 6.45) is 4.40. The normalized spacial score (nSPS) is 12.5. The number of nitrogens with zero attached hydrogens (tertiary/aromatic N) is 4. The molecule has 7 nitrogen and oxygen atoms in total. The van der Waals surface area contributed by atoms with E-state index in [1.807, 2.05) is 0 Å². The van der Waals surface area contributed by atoms with Gasteiger partial charge in [-0.15, -0.1) is 0 Å². The van der Waals surface area contributed by atoms with Gasteiger partial charge in [0.05, 0.1) is 6.54 Å². The monoisotopic (exact) mass is 332 g/mol. The third-order valence-corrected chi connectivity index (χ3v) is 3.42. The van der Waals surface area contributed by atoms with Gasteiger partial charge >= 0.3 is 0 Å². The van der Waals surface area contributed by atoms with Crippen molar-refractivity contribution in [1.82, 2.24) is 19.9 Å². The van der Waals surface area contributed by atoms with Crippen molar-refractivity contribution in [2.45, 2.75) is 13.5 Å². The Morgan fingerprint density at radius 2 is 2.04 bits per heavy atom. The third-order valence-electron chi connectivity index (χ3n) is 3.42. The highest BCUT2D eigenvalue weighted by atomic mass is 19.1. The van der Waals surface area contributed by atoms with Crippen LogP contribution in [0.1, 0.15) is 5.69 Å². The number of aromatic nitrogens is 4. The van der Waals surface area contributed by atoms with Crippen LogP contribution < -0.4 is 11.5 Å². The Kier molecular flexibility index (Phi) is 3.98. The van der Waals surface area contributed by atoms with Crippen LogP contribution in [0.2, 0.25) is 0 Å². The van der Waals surface area contributed by atoms with E-state index >= 15 is 0 Å². The van der Waals surface area contributed by atoms with Gasteiger partial charge in [0.15, 0.2) is 17.3 Å². The van der Waals surface area contributed by atoms with E-state index in [9.17, 15) is 8.78 Å². The Hall–Kier alpha value is -3.23. The molecule has 3 rings (SSSR count). The van der Waals surface area contributed by atoms with E-state index in [0.29, 0.717) is 11.4 Å². The first-order valence-electron chi connectivity index (χ1n) is 6.99. The Morgan fingerprint density at radius 3 is 2.71 bits per heavy atom. The predicted molar refractivity (Wildman–Crippen MR) is 83.3 cm³/mol. The molecule has 0 aliphatic carbocycles. The fraction of sp³-hybridized carbons (Fsp3) is 0.133. The van der Waals surface area contributed by atoms with E-state index in [-0.39, 0.29) is 29.1 Å². The molecule has 0 aliphatic rings. The van der Waals surface area contributed by atoms with Crippen LogP contribution in [0.15, 0.2) is 40.8 Å². The summed E-state index contributed by atoms with van der Waals surface area (Å²) in [6, 6.07) is 2.05. The number of fused-ring (bicyclic) bond motifs is 1. The van der Waals surface area contributed by atoms with Crippen molar-refractivity contribution in [2.24, 2.45) is 11.5 Å². The summed E-state index contributed by atoms with van der Waals surface area (Å²) in [4.78, 5) is 4.17. The molecule has 0 radical (unpaired) electrons. The summed E-state index contributed by atoms with van der Waals surface area (Å²) >= 11 is 0. The molecular formula is C15H14F2N6O. The largest absolute Gasteiger partial charge is 0.405 e. The zero-order valence-corrected chi connectivity index (χ0v) is 12.7. The first kappa shape index (κ1) is 15.7. The molecule has 24 heavy (non-hydrogen) atoms. The van der Waals surface area contributed by atoms with Crippen LogP contribution in [-0.2, 0) is 6.54 Å². The van der Waals surface area contributed by atoms with Gasteiger partial charge in [0.2, 0.25) is 0 Å². The second kappa shape index (κ2) is 6.11. The van der Waals surface area contributed by atoms with Crippen molar-refractivity contribution in [3.63, 3.8) is 0 Å². The standard InChI is InChI=1S/C15H14F2N6O/c1-8-12(22-24-21-8)15-20-13-10(16)4-5-11(17)14(13)23(15)7-9(19)3-2-6-18/h2-6H,7,18-19H2,1H3/b6-2-,9-3-. The summed E-state index contributed by atoms with van der Waals surface area (Å²) in [7, 11) is 0. The number of allylic oxidation sites excluding steroid dienone is 3. The molecule has 0 bridgehead atoms. The van der Waals surface area contributed by atoms with Gasteiger partial charge in [-0.1, -0.05) is 5.16 Å². The smallest absolute Gasteiger partial charge is 0.173 e. The zero-order valence-electron chi connectivity index (χ0n) is 12.7. The van der Waals surface area contributed by atoms with Gasteiger partial charge in [-0.25, -0.2) is 18.4 Å². The molecule has 2 heterocycles. The second-order valence-corrected chi connectivity index (χ2v) is 5.07. The molecule has 1 aromatic carbocycles. The number of halogens is 2. The van der Waals surface area contributed by atoms with Crippen LogP contribution >= 0.6 is 0 Å². The Labute approximate surface area is 135 Å². The van der Waals surface area contributed by atoms with Crippen molar-refractivity contribution in [1.29, 1.82) is 0 Å². The number of hydrogen-bond donors (Lipinski definition) is 2. The van der Waals surface area contributed by atoms with E-state index in [2.05, 4.69) is 19.9 Å². The minimum absolute atomic E-state index is 0.0134. The molecule has 0 amide bonds. The molecule has 4 N–H and O–H groups in total. The molecule has 0 unspecified atom stereocenters. The fourth-order valence-electron chi connectivity index (χ4n) is 2.35. The van der Waals surface area contributed by atoms with Gasteiger partial charge in [0, 0.05) is 5.70 Å². The Bertz CT molecular complexity index is 956. The Morgan fingerprint density at radius 1 is 1.29 bits per heavy atom. The molecule has 0 fully saturated rings. The SMILES string of the molecule is Cc1nonc1-c1nc2c(F)ccc(F)c2n1C/C(N)=C/C=C\N. The zero-order chi connectivity index (χ0) is 17.3. The van der Waals surface area contributed by atoms with Crippen LogP contribution in [-0.4, -0.2) is 19.9 Å². The summed E-state index contributed by atoms with van der Waals surface area (Å²) in [5.41, 5.74) is 12.2. The molecule has 2 aromatic heterocycles. The molecule has 0 saturated heterocycles. The minimum Gasteiger partial charge on any atom is -0.405 e. The lowest BCUT2D eigenvalue weighted by Crippen LogP contribution is -2.10. The van der Waals surface area contributed by atoms with Crippen LogP contribution in [0.3, 0.4) is 0 Å². The van der Waals surface area contributed by atoms with Gasteiger partial charge in [0.1, 0.15) is 22.5 Å². The number of nitrogens with two attached hydrogens (primary N) is 2. The maximum Gasteiger partial charge on any atom is 0.173 e. The third kappa shape index (κ3) is 2.60. The van der Waals surface area contributed by atoms with Crippen molar-refractivity contribution >= 4 is 11.0 Å². The average Bonchev–Trinajstić information content (AvgIpc) is 3.13. The second-order valence-electron chi connectivity index (χ2n) is 5.07. The number of benzene rings is 1. The fourth-order valence-corrected chi connectivity index (χ4v) is 2.35. The molecule has 0 saturated carbocycles. The van der Waals surface area contributed by atoms with E-state index in [1.165, 1.54) is 16.8 Å². The van der Waals surface area contributed by atoms with Gasteiger partial charge in [-0.2, -0.15) is 0 Å². The first-order chi connectivity index (χ1) is 11.5. The highest BCUT2D eigenvalue weighted by Crippen LogP contribution is 2.29. The summed E-state index contributed by atoms with van der Waals surface area (Å²) in [6.45, 7) is 1.71. The minimum atomic E-state index is -0.648. The predicted octanol–water partition coefficient (Wildman–Crippen LogP) is 1.99. The lowest BCUT2D eigenvalue weighted by molar-refractivity contribution is 0.305. The van der Waals surface area contributed by atoms with Crippen LogP contribution in [0, 0.1) is 18.6 Å². The molecule has 0 spiro atoms. The maximum atomic E-state index is 14.3. The molecule has 3 aromatic rings. The molecular weight excluding hydrogens is 318 g/mol. The van der Waals surface area contributed by atoms with Crippen LogP contribution in [0.4, 0.5) is 8.78 Å². The van der Waals surface area contributed by atoms with Gasteiger partial charge in [-0.3, -0.25) is 0 Å². The van der Waals surface area contributed by atoms with Gasteiger partial charge < -0.3 is 16.0 Å². The van der Waals surface area contributed by atoms with E-state index < -0.39 is 11.6 Å². The number of aryl methyl sites for hydroxylation is 1. The van der Waals surface area contributed by atoms with E-state index in [1.54, 1.807) is 13.0 Å². The number of hydrogen-bond acceptors (Lipinski definition) is 6. The quantitative estimate of drug-likeness (QED) is 0.707. The molecule has 124 valence electrons. The first-order valence-corrected chi connectivity index (χ1v) is 6.99. The van der Waals surface area contributed by atoms with Crippen molar-refractivity contribution in [3.05, 3.63) is 53.5 Å². The van der Waals surface area contributed by atoms with Crippen molar-refractivity contribution in [3.8, 4) is 11.5 Å².